The third-order valence-electron chi connectivity index (χ3n) is 5.17. The van der Waals surface area contributed by atoms with Crippen LogP contribution in [0.2, 0.25) is 0 Å². The van der Waals surface area contributed by atoms with Gasteiger partial charge in [-0.1, -0.05) is 28.1 Å². The number of benzene rings is 2. The van der Waals surface area contributed by atoms with Gasteiger partial charge in [-0.3, -0.25) is 0 Å². The van der Waals surface area contributed by atoms with E-state index in [2.05, 4.69) is 45.1 Å². The Balaban J connectivity index is 1.46. The van der Waals surface area contributed by atoms with Crippen LogP contribution in [0.5, 0.6) is 5.75 Å². The van der Waals surface area contributed by atoms with E-state index in [1.807, 2.05) is 18.2 Å². The van der Waals surface area contributed by atoms with Crippen LogP contribution in [0.4, 0.5) is 5.69 Å². The predicted molar refractivity (Wildman–Crippen MR) is 108 cm³/mol. The predicted octanol–water partition coefficient (Wildman–Crippen LogP) is 4.54. The molecule has 0 spiro atoms. The van der Waals surface area contributed by atoms with Gasteiger partial charge in [-0.15, -0.1) is 0 Å². The number of hydrogen-bond donors (Lipinski definition) is 1. The van der Waals surface area contributed by atoms with E-state index in [1.54, 1.807) is 7.11 Å². The quantitative estimate of drug-likeness (QED) is 0.720. The standard InChI is InChI=1S/C21H27BrN2O/c1-25-20-6-7-21(22)18(15-20)14-17-9-12-24(13-10-17)11-8-16-2-4-19(23)5-3-16/h2-7,15,17H,8-14,23H2,1H3. The summed E-state index contributed by atoms with van der Waals surface area (Å²) in [6, 6.07) is 14.5. The van der Waals surface area contributed by atoms with Crippen molar-refractivity contribution in [2.75, 3.05) is 32.5 Å². The van der Waals surface area contributed by atoms with Crippen LogP contribution >= 0.6 is 15.9 Å². The van der Waals surface area contributed by atoms with Crippen LogP contribution in [-0.2, 0) is 12.8 Å². The average molecular weight is 403 g/mol. The van der Waals surface area contributed by atoms with E-state index in [4.69, 9.17) is 10.5 Å². The molecular formula is C21H27BrN2O. The minimum Gasteiger partial charge on any atom is -0.497 e. The highest BCUT2D eigenvalue weighted by Crippen LogP contribution is 2.28. The molecule has 1 saturated heterocycles. The normalized spacial score (nSPS) is 16.1. The second-order valence-corrected chi connectivity index (χ2v) is 7.79. The number of rotatable bonds is 6. The summed E-state index contributed by atoms with van der Waals surface area (Å²) in [4.78, 5) is 2.59. The lowest BCUT2D eigenvalue weighted by Crippen LogP contribution is -2.35. The number of likely N-dealkylation sites (tertiary alicyclic amines) is 1. The molecule has 0 atom stereocenters. The van der Waals surface area contributed by atoms with Crippen molar-refractivity contribution < 1.29 is 4.74 Å². The van der Waals surface area contributed by atoms with Gasteiger partial charge in [0.25, 0.3) is 0 Å². The van der Waals surface area contributed by atoms with Crippen molar-refractivity contribution in [2.24, 2.45) is 5.92 Å². The zero-order chi connectivity index (χ0) is 17.6. The van der Waals surface area contributed by atoms with Crippen molar-refractivity contribution in [3.8, 4) is 5.75 Å². The highest BCUT2D eigenvalue weighted by atomic mass is 79.9. The van der Waals surface area contributed by atoms with E-state index in [0.29, 0.717) is 0 Å². The third kappa shape index (κ3) is 5.23. The summed E-state index contributed by atoms with van der Waals surface area (Å²) in [7, 11) is 1.73. The molecule has 0 unspecified atom stereocenters. The van der Waals surface area contributed by atoms with Gasteiger partial charge in [0, 0.05) is 16.7 Å². The lowest BCUT2D eigenvalue weighted by atomic mass is 9.90. The Kier molecular flexibility index (Phi) is 6.38. The summed E-state index contributed by atoms with van der Waals surface area (Å²) in [5.41, 5.74) is 9.33. The first-order valence-corrected chi connectivity index (χ1v) is 9.82. The number of hydrogen-bond acceptors (Lipinski definition) is 3. The summed E-state index contributed by atoms with van der Waals surface area (Å²) in [5, 5.41) is 0. The van der Waals surface area contributed by atoms with Crippen LogP contribution in [0.25, 0.3) is 0 Å². The first kappa shape index (κ1) is 18.3. The number of methoxy groups -OCH3 is 1. The molecule has 2 aromatic rings. The van der Waals surface area contributed by atoms with Crippen molar-refractivity contribution in [3.05, 3.63) is 58.1 Å². The number of anilines is 1. The van der Waals surface area contributed by atoms with Crippen LogP contribution < -0.4 is 10.5 Å². The molecule has 0 amide bonds. The van der Waals surface area contributed by atoms with E-state index < -0.39 is 0 Å². The second kappa shape index (κ2) is 8.72. The zero-order valence-electron chi connectivity index (χ0n) is 14.9. The van der Waals surface area contributed by atoms with Crippen molar-refractivity contribution in [1.82, 2.24) is 4.90 Å². The molecule has 2 aromatic carbocycles. The van der Waals surface area contributed by atoms with E-state index in [-0.39, 0.29) is 0 Å². The van der Waals surface area contributed by atoms with Gasteiger partial charge in [0.2, 0.25) is 0 Å². The minimum absolute atomic E-state index is 0.760. The SMILES string of the molecule is COc1ccc(Br)c(CC2CCN(CCc3ccc(N)cc3)CC2)c1. The highest BCUT2D eigenvalue weighted by molar-refractivity contribution is 9.10. The Morgan fingerprint density at radius 1 is 1.12 bits per heavy atom. The molecule has 0 saturated carbocycles. The van der Waals surface area contributed by atoms with Crippen molar-refractivity contribution in [2.45, 2.75) is 25.7 Å². The number of nitrogen functional groups attached to an aromatic ring is 1. The fourth-order valence-electron chi connectivity index (χ4n) is 3.53. The van der Waals surface area contributed by atoms with Crippen LogP contribution in [0.3, 0.4) is 0 Å². The molecule has 0 aliphatic carbocycles. The van der Waals surface area contributed by atoms with Gasteiger partial charge < -0.3 is 15.4 Å². The van der Waals surface area contributed by atoms with E-state index >= 15 is 0 Å². The van der Waals surface area contributed by atoms with Crippen molar-refractivity contribution in [1.29, 1.82) is 0 Å². The molecule has 1 fully saturated rings. The largest absolute Gasteiger partial charge is 0.497 e. The second-order valence-electron chi connectivity index (χ2n) is 6.94. The van der Waals surface area contributed by atoms with Gasteiger partial charge in [0.05, 0.1) is 7.11 Å². The van der Waals surface area contributed by atoms with Gasteiger partial charge in [-0.05, 0) is 86.1 Å². The minimum atomic E-state index is 0.760. The molecule has 25 heavy (non-hydrogen) atoms. The van der Waals surface area contributed by atoms with E-state index in [1.165, 1.54) is 41.5 Å². The van der Waals surface area contributed by atoms with Gasteiger partial charge in [-0.2, -0.15) is 0 Å². The molecule has 1 heterocycles. The molecule has 3 nitrogen and oxygen atoms in total. The number of nitrogens with zero attached hydrogens (tertiary/aromatic N) is 1. The molecule has 0 aromatic heterocycles. The van der Waals surface area contributed by atoms with Crippen LogP contribution in [0.15, 0.2) is 46.9 Å². The number of halogens is 1. The number of nitrogens with two attached hydrogens (primary N) is 1. The topological polar surface area (TPSA) is 38.5 Å². The molecule has 0 radical (unpaired) electrons. The molecule has 2 N–H and O–H groups in total. The van der Waals surface area contributed by atoms with Crippen LogP contribution in [0, 0.1) is 5.92 Å². The van der Waals surface area contributed by atoms with Crippen LogP contribution in [-0.4, -0.2) is 31.6 Å². The Labute approximate surface area is 159 Å². The van der Waals surface area contributed by atoms with Crippen LogP contribution in [0.1, 0.15) is 24.0 Å². The Morgan fingerprint density at radius 3 is 2.52 bits per heavy atom. The Bertz CT molecular complexity index is 679. The van der Waals surface area contributed by atoms with Gasteiger partial charge in [0.15, 0.2) is 0 Å². The number of ether oxygens (including phenoxy) is 1. The van der Waals surface area contributed by atoms with Gasteiger partial charge in [-0.25, -0.2) is 0 Å². The average Bonchev–Trinajstić information content (AvgIpc) is 2.64. The summed E-state index contributed by atoms with van der Waals surface area (Å²) in [5.74, 6) is 1.70. The maximum absolute atomic E-state index is 5.75. The van der Waals surface area contributed by atoms with Gasteiger partial charge >= 0.3 is 0 Å². The first-order chi connectivity index (χ1) is 12.1. The summed E-state index contributed by atoms with van der Waals surface area (Å²) in [6.45, 7) is 3.53. The number of piperidine rings is 1. The van der Waals surface area contributed by atoms with Crippen molar-refractivity contribution >= 4 is 21.6 Å². The van der Waals surface area contributed by atoms with E-state index in [0.717, 1.165) is 36.7 Å². The first-order valence-electron chi connectivity index (χ1n) is 9.03. The smallest absolute Gasteiger partial charge is 0.119 e. The summed E-state index contributed by atoms with van der Waals surface area (Å²) in [6.07, 6.45) is 4.77. The van der Waals surface area contributed by atoms with E-state index in [9.17, 15) is 0 Å². The molecular weight excluding hydrogens is 376 g/mol. The summed E-state index contributed by atoms with van der Waals surface area (Å²) >= 11 is 3.68. The third-order valence-corrected chi connectivity index (χ3v) is 5.94. The highest BCUT2D eigenvalue weighted by Gasteiger charge is 2.20. The molecule has 3 rings (SSSR count). The maximum Gasteiger partial charge on any atom is 0.119 e. The zero-order valence-corrected chi connectivity index (χ0v) is 16.5. The lowest BCUT2D eigenvalue weighted by molar-refractivity contribution is 0.186. The molecule has 1 aliphatic heterocycles. The van der Waals surface area contributed by atoms with Gasteiger partial charge in [0.1, 0.15) is 5.75 Å². The molecule has 1 aliphatic rings. The Hall–Kier alpha value is -1.52. The maximum atomic E-state index is 5.75. The Morgan fingerprint density at radius 2 is 1.84 bits per heavy atom. The monoisotopic (exact) mass is 402 g/mol. The molecule has 134 valence electrons. The lowest BCUT2D eigenvalue weighted by Gasteiger charge is -2.32. The van der Waals surface area contributed by atoms with Crippen molar-refractivity contribution in [3.63, 3.8) is 0 Å². The summed E-state index contributed by atoms with van der Waals surface area (Å²) < 4.78 is 6.55. The molecule has 4 heteroatoms. The molecule has 0 bridgehead atoms. The fraction of sp³-hybridized carbons (Fsp3) is 0.429. The fourth-order valence-corrected chi connectivity index (χ4v) is 3.94.